The predicted molar refractivity (Wildman–Crippen MR) is 88.4 cm³/mol. The summed E-state index contributed by atoms with van der Waals surface area (Å²) in [5.74, 6) is -1.09. The minimum Gasteiger partial charge on any atom is -0.477 e. The van der Waals surface area contributed by atoms with Crippen molar-refractivity contribution in [3.8, 4) is 11.1 Å². The molecule has 0 aliphatic carbocycles. The van der Waals surface area contributed by atoms with Crippen LogP contribution >= 0.6 is 0 Å². The number of H-pyrrole nitrogens is 1. The Hall–Kier alpha value is -2.60. The summed E-state index contributed by atoms with van der Waals surface area (Å²) in [6.45, 7) is 1.58. The molecule has 0 atom stereocenters. The van der Waals surface area contributed by atoms with Gasteiger partial charge in [0.25, 0.3) is 0 Å². The largest absolute Gasteiger partial charge is 0.477 e. The molecule has 2 N–H and O–H groups in total. The van der Waals surface area contributed by atoms with Gasteiger partial charge >= 0.3 is 5.97 Å². The molecular formula is C17H15NO4S. The summed E-state index contributed by atoms with van der Waals surface area (Å²) >= 11 is 0. The molecule has 0 saturated heterocycles. The van der Waals surface area contributed by atoms with Crippen molar-refractivity contribution in [2.45, 2.75) is 11.8 Å². The molecule has 0 bridgehead atoms. The van der Waals surface area contributed by atoms with Gasteiger partial charge in [-0.1, -0.05) is 37.3 Å². The van der Waals surface area contributed by atoms with Gasteiger partial charge in [0, 0.05) is 16.5 Å². The molecule has 1 aromatic heterocycles. The third kappa shape index (κ3) is 2.61. The molecule has 2 aromatic carbocycles. The number of nitrogens with one attached hydrogen (secondary N) is 1. The van der Waals surface area contributed by atoms with Crippen LogP contribution < -0.4 is 0 Å². The first-order valence-corrected chi connectivity index (χ1v) is 8.76. The maximum atomic E-state index is 12.1. The first-order chi connectivity index (χ1) is 10.9. The van der Waals surface area contributed by atoms with Crippen LogP contribution in [-0.4, -0.2) is 30.2 Å². The average Bonchev–Trinajstić information content (AvgIpc) is 2.94. The Morgan fingerprint density at radius 2 is 1.83 bits per heavy atom. The smallest absolute Gasteiger partial charge is 0.352 e. The van der Waals surface area contributed by atoms with Gasteiger partial charge in [-0.2, -0.15) is 0 Å². The number of benzene rings is 2. The van der Waals surface area contributed by atoms with Crippen molar-refractivity contribution in [3.63, 3.8) is 0 Å². The normalized spacial score (nSPS) is 11.7. The van der Waals surface area contributed by atoms with Gasteiger partial charge in [0.05, 0.1) is 10.6 Å². The Morgan fingerprint density at radius 1 is 1.13 bits per heavy atom. The van der Waals surface area contributed by atoms with E-state index in [-0.39, 0.29) is 16.3 Å². The number of sulfone groups is 1. The van der Waals surface area contributed by atoms with Crippen molar-refractivity contribution in [1.29, 1.82) is 0 Å². The predicted octanol–water partition coefficient (Wildman–Crippen LogP) is 3.33. The zero-order valence-electron chi connectivity index (χ0n) is 12.4. The van der Waals surface area contributed by atoms with Gasteiger partial charge in [0.15, 0.2) is 9.84 Å². The van der Waals surface area contributed by atoms with E-state index in [1.807, 2.05) is 18.2 Å². The van der Waals surface area contributed by atoms with Gasteiger partial charge in [0.1, 0.15) is 5.69 Å². The molecular weight excluding hydrogens is 314 g/mol. The van der Waals surface area contributed by atoms with Gasteiger partial charge in [-0.25, -0.2) is 13.2 Å². The Labute approximate surface area is 133 Å². The fourth-order valence-electron chi connectivity index (χ4n) is 2.60. The number of hydrogen-bond acceptors (Lipinski definition) is 3. The maximum Gasteiger partial charge on any atom is 0.352 e. The molecule has 3 aromatic rings. The highest BCUT2D eigenvalue weighted by Gasteiger charge is 2.20. The molecule has 6 heteroatoms. The van der Waals surface area contributed by atoms with Crippen LogP contribution in [0.2, 0.25) is 0 Å². The van der Waals surface area contributed by atoms with Crippen molar-refractivity contribution in [2.75, 3.05) is 5.75 Å². The molecule has 0 amide bonds. The number of aromatic amines is 1. The second kappa shape index (κ2) is 5.55. The van der Waals surface area contributed by atoms with Crippen molar-refractivity contribution in [2.24, 2.45) is 0 Å². The number of rotatable bonds is 4. The lowest BCUT2D eigenvalue weighted by atomic mass is 10.0. The number of carboxylic acid groups (broad SMARTS) is 1. The Kier molecular flexibility index (Phi) is 3.69. The lowest BCUT2D eigenvalue weighted by Crippen LogP contribution is -2.03. The van der Waals surface area contributed by atoms with E-state index >= 15 is 0 Å². The Balaban J connectivity index is 2.37. The van der Waals surface area contributed by atoms with E-state index in [9.17, 15) is 18.3 Å². The first kappa shape index (κ1) is 15.3. The molecule has 0 aliphatic heterocycles. The van der Waals surface area contributed by atoms with E-state index < -0.39 is 15.8 Å². The van der Waals surface area contributed by atoms with Gasteiger partial charge in [-0.05, 0) is 23.8 Å². The average molecular weight is 329 g/mol. The van der Waals surface area contributed by atoms with Gasteiger partial charge in [-0.3, -0.25) is 0 Å². The SMILES string of the molecule is CCS(=O)(=O)c1ccc2[nH]c(C(=O)O)c(-c3ccccc3)c2c1. The molecule has 5 nitrogen and oxygen atoms in total. The first-order valence-electron chi connectivity index (χ1n) is 7.11. The molecule has 0 fully saturated rings. The summed E-state index contributed by atoms with van der Waals surface area (Å²) in [5.41, 5.74) is 1.87. The highest BCUT2D eigenvalue weighted by Crippen LogP contribution is 2.34. The minimum atomic E-state index is -3.36. The van der Waals surface area contributed by atoms with Crippen LogP contribution in [0.4, 0.5) is 0 Å². The number of carboxylic acids is 1. The van der Waals surface area contributed by atoms with E-state index in [0.29, 0.717) is 16.5 Å². The van der Waals surface area contributed by atoms with Gasteiger partial charge in [-0.15, -0.1) is 0 Å². The standard InChI is InChI=1S/C17H15NO4S/c1-2-23(21,22)12-8-9-14-13(10-12)15(16(18-14)17(19)20)11-6-4-3-5-7-11/h3-10,18H,2H2,1H3,(H,19,20). The zero-order valence-corrected chi connectivity index (χ0v) is 13.2. The van der Waals surface area contributed by atoms with Gasteiger partial charge in [0.2, 0.25) is 0 Å². The maximum absolute atomic E-state index is 12.1. The van der Waals surface area contributed by atoms with E-state index in [4.69, 9.17) is 0 Å². The molecule has 3 rings (SSSR count). The summed E-state index contributed by atoms with van der Waals surface area (Å²) < 4.78 is 24.2. The van der Waals surface area contributed by atoms with Crippen molar-refractivity contribution >= 4 is 26.7 Å². The lowest BCUT2D eigenvalue weighted by Gasteiger charge is -2.04. The van der Waals surface area contributed by atoms with Crippen molar-refractivity contribution < 1.29 is 18.3 Å². The fourth-order valence-corrected chi connectivity index (χ4v) is 3.50. The topological polar surface area (TPSA) is 87.2 Å². The third-order valence-corrected chi connectivity index (χ3v) is 5.52. The summed E-state index contributed by atoms with van der Waals surface area (Å²) in [6, 6.07) is 13.7. The highest BCUT2D eigenvalue weighted by molar-refractivity contribution is 7.91. The molecule has 0 radical (unpaired) electrons. The Bertz CT molecular complexity index is 988. The van der Waals surface area contributed by atoms with E-state index in [0.717, 1.165) is 5.56 Å². The third-order valence-electron chi connectivity index (χ3n) is 3.79. The van der Waals surface area contributed by atoms with Crippen LogP contribution in [-0.2, 0) is 9.84 Å². The van der Waals surface area contributed by atoms with Crippen LogP contribution in [0.5, 0.6) is 0 Å². The van der Waals surface area contributed by atoms with Crippen LogP contribution in [0.15, 0.2) is 53.4 Å². The molecule has 0 aliphatic rings. The van der Waals surface area contributed by atoms with Gasteiger partial charge < -0.3 is 10.1 Å². The van der Waals surface area contributed by atoms with Crippen LogP contribution in [0.25, 0.3) is 22.0 Å². The lowest BCUT2D eigenvalue weighted by molar-refractivity contribution is 0.0692. The quantitative estimate of drug-likeness (QED) is 0.768. The van der Waals surface area contributed by atoms with Crippen molar-refractivity contribution in [1.82, 2.24) is 4.98 Å². The number of aromatic nitrogens is 1. The number of aromatic carboxylic acids is 1. The number of carbonyl (C=O) groups is 1. The number of hydrogen-bond donors (Lipinski definition) is 2. The second-order valence-corrected chi connectivity index (χ2v) is 7.44. The van der Waals surface area contributed by atoms with E-state index in [2.05, 4.69) is 4.98 Å². The number of fused-ring (bicyclic) bond motifs is 1. The summed E-state index contributed by atoms with van der Waals surface area (Å²) in [6.07, 6.45) is 0. The van der Waals surface area contributed by atoms with Crippen LogP contribution in [0.3, 0.4) is 0 Å². The minimum absolute atomic E-state index is 0.00458. The second-order valence-electron chi connectivity index (χ2n) is 5.16. The zero-order chi connectivity index (χ0) is 16.6. The fraction of sp³-hybridized carbons (Fsp3) is 0.118. The highest BCUT2D eigenvalue weighted by atomic mass is 32.2. The molecule has 118 valence electrons. The van der Waals surface area contributed by atoms with E-state index in [1.165, 1.54) is 6.07 Å². The molecule has 23 heavy (non-hydrogen) atoms. The van der Waals surface area contributed by atoms with E-state index in [1.54, 1.807) is 31.2 Å². The molecule has 0 saturated carbocycles. The van der Waals surface area contributed by atoms with Crippen LogP contribution in [0, 0.1) is 0 Å². The summed E-state index contributed by atoms with van der Waals surface area (Å²) in [7, 11) is -3.36. The monoisotopic (exact) mass is 329 g/mol. The summed E-state index contributed by atoms with van der Waals surface area (Å²) in [4.78, 5) is 14.6. The van der Waals surface area contributed by atoms with Crippen molar-refractivity contribution in [3.05, 3.63) is 54.2 Å². The van der Waals surface area contributed by atoms with Crippen LogP contribution in [0.1, 0.15) is 17.4 Å². The molecule has 0 spiro atoms. The molecule has 0 unspecified atom stereocenters. The Morgan fingerprint density at radius 3 is 2.43 bits per heavy atom. The summed E-state index contributed by atoms with van der Waals surface area (Å²) in [5, 5.41) is 10.0. The molecule has 1 heterocycles.